The minimum Gasteiger partial charge on any atom is -0.342 e. The van der Waals surface area contributed by atoms with Gasteiger partial charge in [-0.1, -0.05) is 30.3 Å². The smallest absolute Gasteiger partial charge is 0.252 e. The number of hydrogen-bond acceptors (Lipinski definition) is 2. The third-order valence-electron chi connectivity index (χ3n) is 2.84. The molecule has 0 saturated carbocycles. The van der Waals surface area contributed by atoms with E-state index in [4.69, 9.17) is 0 Å². The molecule has 1 aliphatic heterocycles. The number of hydrogen-bond donors (Lipinski definition) is 2. The molecule has 1 fully saturated rings. The molecule has 1 atom stereocenters. The third kappa shape index (κ3) is 2.46. The Labute approximate surface area is 101 Å². The van der Waals surface area contributed by atoms with Gasteiger partial charge in [0.25, 0.3) is 5.91 Å². The SMILES string of the molecule is CCN=C1NC(=O)C(C)(Cc2ccccc2)N1. The van der Waals surface area contributed by atoms with Crippen LogP contribution in [-0.4, -0.2) is 24.0 Å². The zero-order valence-electron chi connectivity index (χ0n) is 10.2. The molecule has 1 amide bonds. The minimum atomic E-state index is -0.602. The Morgan fingerprint density at radius 2 is 2.00 bits per heavy atom. The maximum absolute atomic E-state index is 11.9. The van der Waals surface area contributed by atoms with Crippen molar-refractivity contribution in [2.45, 2.75) is 25.8 Å². The highest BCUT2D eigenvalue weighted by atomic mass is 16.2. The lowest BCUT2D eigenvalue weighted by Gasteiger charge is -2.20. The fourth-order valence-electron chi connectivity index (χ4n) is 1.96. The maximum Gasteiger partial charge on any atom is 0.252 e. The Morgan fingerprint density at radius 3 is 2.65 bits per heavy atom. The summed E-state index contributed by atoms with van der Waals surface area (Å²) < 4.78 is 0. The van der Waals surface area contributed by atoms with Crippen molar-refractivity contribution >= 4 is 11.9 Å². The van der Waals surface area contributed by atoms with Gasteiger partial charge < -0.3 is 5.32 Å². The average molecular weight is 231 g/mol. The molecule has 1 aliphatic rings. The zero-order valence-corrected chi connectivity index (χ0v) is 10.2. The van der Waals surface area contributed by atoms with E-state index in [0.29, 0.717) is 18.9 Å². The molecule has 1 saturated heterocycles. The summed E-state index contributed by atoms with van der Waals surface area (Å²) in [5, 5.41) is 5.92. The number of rotatable bonds is 3. The molecule has 2 rings (SSSR count). The van der Waals surface area contributed by atoms with E-state index in [1.165, 1.54) is 0 Å². The second kappa shape index (κ2) is 4.57. The van der Waals surface area contributed by atoms with Crippen LogP contribution in [0.25, 0.3) is 0 Å². The molecule has 2 N–H and O–H groups in total. The van der Waals surface area contributed by atoms with Gasteiger partial charge in [0, 0.05) is 13.0 Å². The molecule has 4 nitrogen and oxygen atoms in total. The fraction of sp³-hybridized carbons (Fsp3) is 0.385. The molecule has 1 aromatic carbocycles. The van der Waals surface area contributed by atoms with Gasteiger partial charge in [0.15, 0.2) is 5.96 Å². The number of amides is 1. The van der Waals surface area contributed by atoms with Crippen LogP contribution in [0.5, 0.6) is 0 Å². The molecule has 0 aliphatic carbocycles. The Bertz CT molecular complexity index is 441. The Kier molecular flexibility index (Phi) is 3.13. The maximum atomic E-state index is 11.9. The van der Waals surface area contributed by atoms with E-state index >= 15 is 0 Å². The van der Waals surface area contributed by atoms with E-state index in [2.05, 4.69) is 15.6 Å². The molecule has 0 spiro atoms. The van der Waals surface area contributed by atoms with Gasteiger partial charge in [-0.25, -0.2) is 0 Å². The van der Waals surface area contributed by atoms with E-state index in [-0.39, 0.29) is 5.91 Å². The van der Waals surface area contributed by atoms with Gasteiger partial charge >= 0.3 is 0 Å². The fourth-order valence-corrected chi connectivity index (χ4v) is 1.96. The molecular formula is C13H17N3O. The molecule has 90 valence electrons. The molecule has 1 heterocycles. The van der Waals surface area contributed by atoms with Crippen molar-refractivity contribution in [2.75, 3.05) is 6.54 Å². The zero-order chi connectivity index (χ0) is 12.3. The van der Waals surface area contributed by atoms with Crippen LogP contribution in [0.2, 0.25) is 0 Å². The molecule has 17 heavy (non-hydrogen) atoms. The average Bonchev–Trinajstić information content (AvgIpc) is 2.56. The van der Waals surface area contributed by atoms with Crippen LogP contribution in [-0.2, 0) is 11.2 Å². The highest BCUT2D eigenvalue weighted by Crippen LogP contribution is 2.16. The first-order chi connectivity index (χ1) is 8.14. The molecule has 0 radical (unpaired) electrons. The number of carbonyl (C=O) groups is 1. The second-order valence-corrected chi connectivity index (χ2v) is 4.40. The van der Waals surface area contributed by atoms with Gasteiger partial charge in [-0.3, -0.25) is 15.1 Å². The van der Waals surface area contributed by atoms with E-state index in [1.807, 2.05) is 44.2 Å². The van der Waals surface area contributed by atoms with E-state index in [9.17, 15) is 4.79 Å². The normalized spacial score (nSPS) is 25.8. The standard InChI is InChI=1S/C13H17N3O/c1-3-14-12-15-11(17)13(2,16-12)9-10-7-5-4-6-8-10/h4-8H,3,9H2,1-2H3,(H2,14,15,16,17). The number of carbonyl (C=O) groups excluding carboxylic acids is 1. The topological polar surface area (TPSA) is 53.5 Å². The van der Waals surface area contributed by atoms with E-state index < -0.39 is 5.54 Å². The number of aliphatic imine (C=N–C) groups is 1. The Morgan fingerprint density at radius 1 is 1.29 bits per heavy atom. The first kappa shape index (κ1) is 11.6. The monoisotopic (exact) mass is 231 g/mol. The van der Waals surface area contributed by atoms with Gasteiger partial charge in [-0.05, 0) is 19.4 Å². The van der Waals surface area contributed by atoms with Crippen molar-refractivity contribution in [1.29, 1.82) is 0 Å². The van der Waals surface area contributed by atoms with Gasteiger partial charge in [-0.2, -0.15) is 0 Å². The van der Waals surface area contributed by atoms with Crippen molar-refractivity contribution < 1.29 is 4.79 Å². The predicted octanol–water partition coefficient (Wildman–Crippen LogP) is 1.08. The van der Waals surface area contributed by atoms with Crippen molar-refractivity contribution in [2.24, 2.45) is 4.99 Å². The van der Waals surface area contributed by atoms with Crippen LogP contribution < -0.4 is 10.6 Å². The second-order valence-electron chi connectivity index (χ2n) is 4.40. The summed E-state index contributed by atoms with van der Waals surface area (Å²) in [6.45, 7) is 4.49. The van der Waals surface area contributed by atoms with Crippen LogP contribution in [0.15, 0.2) is 35.3 Å². The number of guanidine groups is 1. The quantitative estimate of drug-likeness (QED) is 0.818. The first-order valence-corrected chi connectivity index (χ1v) is 5.82. The lowest BCUT2D eigenvalue weighted by molar-refractivity contribution is -0.123. The highest BCUT2D eigenvalue weighted by molar-refractivity contribution is 6.08. The molecule has 0 bridgehead atoms. The largest absolute Gasteiger partial charge is 0.342 e. The Hall–Kier alpha value is -1.84. The molecular weight excluding hydrogens is 214 g/mol. The van der Waals surface area contributed by atoms with Crippen molar-refractivity contribution in [3.63, 3.8) is 0 Å². The summed E-state index contributed by atoms with van der Waals surface area (Å²) in [4.78, 5) is 16.1. The number of nitrogens with zero attached hydrogens (tertiary/aromatic N) is 1. The van der Waals surface area contributed by atoms with Gasteiger partial charge in [0.1, 0.15) is 5.54 Å². The van der Waals surface area contributed by atoms with Crippen LogP contribution in [0.3, 0.4) is 0 Å². The van der Waals surface area contributed by atoms with Crippen LogP contribution in [0.1, 0.15) is 19.4 Å². The molecule has 1 aromatic rings. The third-order valence-corrected chi connectivity index (χ3v) is 2.84. The summed E-state index contributed by atoms with van der Waals surface area (Å²) in [6, 6.07) is 9.97. The summed E-state index contributed by atoms with van der Waals surface area (Å²) >= 11 is 0. The summed E-state index contributed by atoms with van der Waals surface area (Å²) in [5.41, 5.74) is 0.533. The Balaban J connectivity index is 2.15. The van der Waals surface area contributed by atoms with Gasteiger partial charge in [-0.15, -0.1) is 0 Å². The van der Waals surface area contributed by atoms with Gasteiger partial charge in [0.2, 0.25) is 0 Å². The van der Waals surface area contributed by atoms with Crippen LogP contribution >= 0.6 is 0 Å². The van der Waals surface area contributed by atoms with E-state index in [1.54, 1.807) is 0 Å². The van der Waals surface area contributed by atoms with Crippen LogP contribution in [0, 0.1) is 0 Å². The van der Waals surface area contributed by atoms with Crippen molar-refractivity contribution in [3.8, 4) is 0 Å². The lowest BCUT2D eigenvalue weighted by atomic mass is 9.93. The van der Waals surface area contributed by atoms with E-state index in [0.717, 1.165) is 5.56 Å². The highest BCUT2D eigenvalue weighted by Gasteiger charge is 2.40. The molecule has 0 aromatic heterocycles. The number of nitrogens with one attached hydrogen (secondary N) is 2. The van der Waals surface area contributed by atoms with Gasteiger partial charge in [0.05, 0.1) is 0 Å². The lowest BCUT2D eigenvalue weighted by Crippen LogP contribution is -2.45. The minimum absolute atomic E-state index is 0.0199. The summed E-state index contributed by atoms with van der Waals surface area (Å²) in [5.74, 6) is 0.560. The summed E-state index contributed by atoms with van der Waals surface area (Å²) in [7, 11) is 0. The summed E-state index contributed by atoms with van der Waals surface area (Å²) in [6.07, 6.45) is 0.655. The van der Waals surface area contributed by atoms with Crippen LogP contribution in [0.4, 0.5) is 0 Å². The van der Waals surface area contributed by atoms with Crippen molar-refractivity contribution in [1.82, 2.24) is 10.6 Å². The first-order valence-electron chi connectivity index (χ1n) is 5.82. The molecule has 1 unspecified atom stereocenters. The predicted molar refractivity (Wildman–Crippen MR) is 67.8 cm³/mol. The molecule has 4 heteroatoms. The number of benzene rings is 1. The van der Waals surface area contributed by atoms with Crippen molar-refractivity contribution in [3.05, 3.63) is 35.9 Å².